The number of carbonyl (C=O) groups excluding carboxylic acids is 1. The zero-order valence-electron chi connectivity index (χ0n) is 13.8. The van der Waals surface area contributed by atoms with Crippen molar-refractivity contribution in [2.75, 3.05) is 10.6 Å². The first kappa shape index (κ1) is 17.1. The Hall–Kier alpha value is -3.69. The van der Waals surface area contributed by atoms with Crippen LogP contribution in [-0.4, -0.2) is 16.0 Å². The van der Waals surface area contributed by atoms with Crippen LogP contribution in [0.4, 0.5) is 17.1 Å². The fraction of sp³-hybridized carbons (Fsp3) is 0.0500. The molecular weight excluding hydrogens is 328 g/mol. The lowest BCUT2D eigenvalue weighted by molar-refractivity contribution is 0.102. The van der Waals surface area contributed by atoms with Crippen LogP contribution < -0.4 is 10.6 Å². The Morgan fingerprint density at radius 3 is 2.65 bits per heavy atom. The van der Waals surface area contributed by atoms with Crippen LogP contribution in [0.15, 0.2) is 67.0 Å². The number of rotatable bonds is 5. The molecule has 0 atom stereocenters. The smallest absolute Gasteiger partial charge is 0.255 e. The lowest BCUT2D eigenvalue weighted by atomic mass is 10.1. The van der Waals surface area contributed by atoms with Gasteiger partial charge in [-0.15, -0.1) is 0 Å². The molecule has 6 nitrogen and oxygen atoms in total. The van der Waals surface area contributed by atoms with Gasteiger partial charge in [0.25, 0.3) is 5.91 Å². The number of hydrogen-bond donors (Lipinski definition) is 3. The van der Waals surface area contributed by atoms with Gasteiger partial charge in [-0.2, -0.15) is 5.26 Å². The molecule has 2 aromatic carbocycles. The van der Waals surface area contributed by atoms with Crippen LogP contribution >= 0.6 is 0 Å². The van der Waals surface area contributed by atoms with Crippen molar-refractivity contribution in [2.24, 2.45) is 0 Å². The molecule has 0 unspecified atom stereocenters. The normalized spacial score (nSPS) is 10.0. The average Bonchev–Trinajstić information content (AvgIpc) is 2.69. The molecule has 0 aliphatic rings. The van der Waals surface area contributed by atoms with Gasteiger partial charge < -0.3 is 15.7 Å². The number of carbonyl (C=O) groups is 1. The van der Waals surface area contributed by atoms with Crippen molar-refractivity contribution >= 4 is 23.0 Å². The van der Waals surface area contributed by atoms with Gasteiger partial charge in [-0.25, -0.2) is 0 Å². The van der Waals surface area contributed by atoms with Crippen molar-refractivity contribution in [1.82, 2.24) is 4.98 Å². The quantitative estimate of drug-likeness (QED) is 0.658. The predicted molar refractivity (Wildman–Crippen MR) is 99.0 cm³/mol. The lowest BCUT2D eigenvalue weighted by Gasteiger charge is -2.11. The minimum absolute atomic E-state index is 0.182. The number of nitriles is 1. The molecular formula is C20H16N4O2. The Kier molecular flexibility index (Phi) is 5.22. The third kappa shape index (κ3) is 4.04. The maximum atomic E-state index is 12.5. The van der Waals surface area contributed by atoms with Gasteiger partial charge in [0.05, 0.1) is 30.1 Å². The first-order valence-electron chi connectivity index (χ1n) is 7.92. The van der Waals surface area contributed by atoms with E-state index in [1.165, 1.54) is 6.20 Å². The van der Waals surface area contributed by atoms with Crippen molar-refractivity contribution in [3.63, 3.8) is 0 Å². The first-order valence-corrected chi connectivity index (χ1v) is 7.92. The Labute approximate surface area is 150 Å². The van der Waals surface area contributed by atoms with E-state index < -0.39 is 0 Å². The summed E-state index contributed by atoms with van der Waals surface area (Å²) in [6.45, 7) is -0.182. The summed E-state index contributed by atoms with van der Waals surface area (Å²) in [6, 6.07) is 17.8. The SMILES string of the molecule is N#Cc1ccc(Nc2cccc(C(=O)Nc3cnccc3CO)c2)cc1. The highest BCUT2D eigenvalue weighted by Crippen LogP contribution is 2.20. The van der Waals surface area contributed by atoms with Gasteiger partial charge in [0.1, 0.15) is 0 Å². The monoisotopic (exact) mass is 344 g/mol. The predicted octanol–water partition coefficient (Wildman–Crippen LogP) is 3.44. The standard InChI is InChI=1S/C20H16N4O2/c21-11-14-4-6-17(7-5-14)23-18-3-1-2-15(10-18)20(26)24-19-12-22-9-8-16(19)13-25/h1-10,12,23,25H,13H2,(H,24,26). The molecule has 3 N–H and O–H groups in total. The largest absolute Gasteiger partial charge is 0.392 e. The molecule has 0 aliphatic carbocycles. The molecule has 6 heteroatoms. The molecule has 128 valence electrons. The van der Waals surface area contributed by atoms with Crippen LogP contribution in [0, 0.1) is 11.3 Å². The molecule has 0 saturated heterocycles. The molecule has 0 bridgehead atoms. The van der Waals surface area contributed by atoms with Gasteiger partial charge in [0, 0.05) is 28.7 Å². The van der Waals surface area contributed by atoms with Gasteiger partial charge in [-0.1, -0.05) is 6.07 Å². The van der Waals surface area contributed by atoms with Crippen molar-refractivity contribution in [3.05, 3.63) is 83.7 Å². The summed E-state index contributed by atoms with van der Waals surface area (Å²) in [5, 5.41) is 24.1. The van der Waals surface area contributed by atoms with Crippen LogP contribution in [0.2, 0.25) is 0 Å². The Bertz CT molecular complexity index is 962. The maximum absolute atomic E-state index is 12.5. The molecule has 0 radical (unpaired) electrons. The van der Waals surface area contributed by atoms with Gasteiger partial charge in [-0.3, -0.25) is 9.78 Å². The van der Waals surface area contributed by atoms with Gasteiger partial charge in [-0.05, 0) is 48.5 Å². The second-order valence-electron chi connectivity index (χ2n) is 5.54. The molecule has 3 aromatic rings. The second kappa shape index (κ2) is 7.92. The number of amides is 1. The lowest BCUT2D eigenvalue weighted by Crippen LogP contribution is -2.13. The van der Waals surface area contributed by atoms with Crippen LogP contribution in [0.5, 0.6) is 0 Å². The Morgan fingerprint density at radius 1 is 1.12 bits per heavy atom. The minimum atomic E-state index is -0.295. The van der Waals surface area contributed by atoms with E-state index in [2.05, 4.69) is 21.7 Å². The Balaban J connectivity index is 1.75. The fourth-order valence-corrected chi connectivity index (χ4v) is 2.40. The van der Waals surface area contributed by atoms with Crippen LogP contribution in [0.25, 0.3) is 0 Å². The molecule has 3 rings (SSSR count). The van der Waals surface area contributed by atoms with Crippen molar-refractivity contribution in [3.8, 4) is 6.07 Å². The number of aliphatic hydroxyl groups is 1. The molecule has 0 aliphatic heterocycles. The van der Waals surface area contributed by atoms with E-state index in [4.69, 9.17) is 5.26 Å². The summed E-state index contributed by atoms with van der Waals surface area (Å²) in [5.74, 6) is -0.295. The van der Waals surface area contributed by atoms with E-state index in [-0.39, 0.29) is 12.5 Å². The van der Waals surface area contributed by atoms with Gasteiger partial charge in [0.2, 0.25) is 0 Å². The number of benzene rings is 2. The third-order valence-corrected chi connectivity index (χ3v) is 3.76. The summed E-state index contributed by atoms with van der Waals surface area (Å²) in [7, 11) is 0. The minimum Gasteiger partial charge on any atom is -0.392 e. The average molecular weight is 344 g/mol. The zero-order valence-corrected chi connectivity index (χ0v) is 13.8. The van der Waals surface area contributed by atoms with Gasteiger partial charge >= 0.3 is 0 Å². The molecule has 1 amide bonds. The first-order chi connectivity index (χ1) is 12.7. The summed E-state index contributed by atoms with van der Waals surface area (Å²) in [4.78, 5) is 16.5. The maximum Gasteiger partial charge on any atom is 0.255 e. The molecule has 0 spiro atoms. The molecule has 0 saturated carbocycles. The number of nitrogens with zero attached hydrogens (tertiary/aromatic N) is 2. The number of aliphatic hydroxyl groups excluding tert-OH is 1. The number of pyridine rings is 1. The number of nitrogens with one attached hydrogen (secondary N) is 2. The third-order valence-electron chi connectivity index (χ3n) is 3.76. The van der Waals surface area contributed by atoms with E-state index in [1.807, 2.05) is 6.07 Å². The van der Waals surface area contributed by atoms with Crippen molar-refractivity contribution in [2.45, 2.75) is 6.61 Å². The van der Waals surface area contributed by atoms with E-state index in [0.717, 1.165) is 11.4 Å². The summed E-state index contributed by atoms with van der Waals surface area (Å²) < 4.78 is 0. The molecule has 1 aromatic heterocycles. The number of hydrogen-bond acceptors (Lipinski definition) is 5. The van der Waals surface area contributed by atoms with Gasteiger partial charge in [0.15, 0.2) is 0 Å². The van der Waals surface area contributed by atoms with E-state index in [0.29, 0.717) is 22.4 Å². The molecule has 26 heavy (non-hydrogen) atoms. The highest BCUT2D eigenvalue weighted by Gasteiger charge is 2.10. The van der Waals surface area contributed by atoms with E-state index >= 15 is 0 Å². The molecule has 0 fully saturated rings. The Morgan fingerprint density at radius 2 is 1.92 bits per heavy atom. The van der Waals surface area contributed by atoms with Crippen LogP contribution in [0.3, 0.4) is 0 Å². The fourth-order valence-electron chi connectivity index (χ4n) is 2.40. The second-order valence-corrected chi connectivity index (χ2v) is 5.54. The number of aromatic nitrogens is 1. The van der Waals surface area contributed by atoms with E-state index in [1.54, 1.807) is 54.7 Å². The summed E-state index contributed by atoms with van der Waals surface area (Å²) in [5.41, 5.74) is 3.69. The molecule has 1 heterocycles. The van der Waals surface area contributed by atoms with Crippen LogP contribution in [-0.2, 0) is 6.61 Å². The highest BCUT2D eigenvalue weighted by molar-refractivity contribution is 6.05. The summed E-state index contributed by atoms with van der Waals surface area (Å²) >= 11 is 0. The van der Waals surface area contributed by atoms with Crippen molar-refractivity contribution < 1.29 is 9.90 Å². The van der Waals surface area contributed by atoms with E-state index in [9.17, 15) is 9.90 Å². The summed E-state index contributed by atoms with van der Waals surface area (Å²) in [6.07, 6.45) is 3.06. The van der Waals surface area contributed by atoms with Crippen molar-refractivity contribution in [1.29, 1.82) is 5.26 Å². The van der Waals surface area contributed by atoms with Crippen LogP contribution in [0.1, 0.15) is 21.5 Å². The zero-order chi connectivity index (χ0) is 18.4. The highest BCUT2D eigenvalue weighted by atomic mass is 16.3. The number of anilines is 3. The topological polar surface area (TPSA) is 98.0 Å².